The molecule has 0 radical (unpaired) electrons. The summed E-state index contributed by atoms with van der Waals surface area (Å²) in [5, 5.41) is 3.15. The van der Waals surface area contributed by atoms with Crippen molar-refractivity contribution in [3.05, 3.63) is 0 Å². The SMILES string of the molecule is CC(C)NCCS(=O)(=O)N1CCN(C)CC1C. The van der Waals surface area contributed by atoms with Crippen LogP contribution in [0.4, 0.5) is 0 Å². The smallest absolute Gasteiger partial charge is 0.215 e. The van der Waals surface area contributed by atoms with Gasteiger partial charge in [0.25, 0.3) is 0 Å². The summed E-state index contributed by atoms with van der Waals surface area (Å²) in [6, 6.07) is 0.410. The fraction of sp³-hybridized carbons (Fsp3) is 1.00. The number of rotatable bonds is 5. The molecule has 1 rings (SSSR count). The molecule has 0 aromatic carbocycles. The largest absolute Gasteiger partial charge is 0.313 e. The fourth-order valence-corrected chi connectivity index (χ4v) is 3.72. The molecule has 1 unspecified atom stereocenters. The summed E-state index contributed by atoms with van der Waals surface area (Å²) in [6.45, 7) is 8.79. The normalized spacial score (nSPS) is 24.4. The topological polar surface area (TPSA) is 52.7 Å². The van der Waals surface area contributed by atoms with Gasteiger partial charge in [-0.3, -0.25) is 0 Å². The number of likely N-dealkylation sites (N-methyl/N-ethyl adjacent to an activating group) is 1. The van der Waals surface area contributed by atoms with Crippen molar-refractivity contribution in [3.8, 4) is 0 Å². The molecule has 0 aromatic heterocycles. The molecule has 5 nitrogen and oxygen atoms in total. The number of nitrogens with zero attached hydrogens (tertiary/aromatic N) is 2. The van der Waals surface area contributed by atoms with Crippen LogP contribution in [0.3, 0.4) is 0 Å². The van der Waals surface area contributed by atoms with Crippen LogP contribution in [0.5, 0.6) is 0 Å². The lowest BCUT2D eigenvalue weighted by Gasteiger charge is -2.37. The van der Waals surface area contributed by atoms with Crippen LogP contribution in [0.2, 0.25) is 0 Å². The highest BCUT2D eigenvalue weighted by Crippen LogP contribution is 2.13. The van der Waals surface area contributed by atoms with Gasteiger partial charge in [0.05, 0.1) is 5.75 Å². The number of piperazine rings is 1. The zero-order valence-electron chi connectivity index (χ0n) is 11.3. The van der Waals surface area contributed by atoms with Gasteiger partial charge >= 0.3 is 0 Å². The molecule has 0 bridgehead atoms. The van der Waals surface area contributed by atoms with Crippen LogP contribution in [0.15, 0.2) is 0 Å². The molecule has 1 aliphatic heterocycles. The standard InChI is InChI=1S/C11H25N3O2S/c1-10(2)12-5-8-17(15,16)14-7-6-13(4)9-11(14)3/h10-12H,5-9H2,1-4H3. The monoisotopic (exact) mass is 263 g/mol. The predicted molar refractivity (Wildman–Crippen MR) is 70.6 cm³/mol. The Bertz CT molecular complexity index is 330. The lowest BCUT2D eigenvalue weighted by molar-refractivity contribution is 0.170. The van der Waals surface area contributed by atoms with Gasteiger partial charge < -0.3 is 10.2 Å². The molecular formula is C11H25N3O2S. The minimum Gasteiger partial charge on any atom is -0.313 e. The average Bonchev–Trinajstić information content (AvgIpc) is 2.15. The minimum absolute atomic E-state index is 0.0813. The van der Waals surface area contributed by atoms with Gasteiger partial charge in [0, 0.05) is 38.3 Å². The van der Waals surface area contributed by atoms with Gasteiger partial charge in [0.15, 0.2) is 0 Å². The van der Waals surface area contributed by atoms with Crippen molar-refractivity contribution in [1.29, 1.82) is 0 Å². The van der Waals surface area contributed by atoms with E-state index in [1.54, 1.807) is 4.31 Å². The van der Waals surface area contributed by atoms with Gasteiger partial charge in [-0.25, -0.2) is 8.42 Å². The molecule has 1 saturated heterocycles. The van der Waals surface area contributed by atoms with Gasteiger partial charge in [-0.15, -0.1) is 0 Å². The van der Waals surface area contributed by atoms with Gasteiger partial charge in [0.1, 0.15) is 0 Å². The zero-order valence-corrected chi connectivity index (χ0v) is 12.1. The van der Waals surface area contributed by atoms with E-state index in [0.717, 1.165) is 13.1 Å². The van der Waals surface area contributed by atoms with E-state index in [1.807, 2.05) is 27.8 Å². The van der Waals surface area contributed by atoms with E-state index in [-0.39, 0.29) is 11.8 Å². The first-order valence-corrected chi connectivity index (χ1v) is 7.85. The van der Waals surface area contributed by atoms with Crippen LogP contribution in [0.1, 0.15) is 20.8 Å². The van der Waals surface area contributed by atoms with Crippen molar-refractivity contribution in [2.24, 2.45) is 0 Å². The van der Waals surface area contributed by atoms with Gasteiger partial charge in [-0.05, 0) is 14.0 Å². The molecule has 1 fully saturated rings. The predicted octanol–water partition coefficient (Wildman–Crippen LogP) is -0.0499. The molecule has 102 valence electrons. The first-order chi connectivity index (χ1) is 7.83. The summed E-state index contributed by atoms with van der Waals surface area (Å²) in [7, 11) is -1.08. The second-order valence-corrected chi connectivity index (χ2v) is 7.19. The Morgan fingerprint density at radius 3 is 2.53 bits per heavy atom. The fourth-order valence-electron chi connectivity index (χ4n) is 2.13. The van der Waals surface area contributed by atoms with Gasteiger partial charge in [-0.2, -0.15) is 4.31 Å². The maximum absolute atomic E-state index is 12.2. The Balaban J connectivity index is 2.52. The third kappa shape index (κ3) is 4.54. The summed E-state index contributed by atoms with van der Waals surface area (Å²) in [6.07, 6.45) is 0. The van der Waals surface area contributed by atoms with E-state index in [2.05, 4.69) is 10.2 Å². The molecule has 0 amide bonds. The second-order valence-electron chi connectivity index (χ2n) is 5.15. The van der Waals surface area contributed by atoms with Gasteiger partial charge in [-0.1, -0.05) is 13.8 Å². The molecule has 1 N–H and O–H groups in total. The van der Waals surface area contributed by atoms with E-state index in [4.69, 9.17) is 0 Å². The highest BCUT2D eigenvalue weighted by molar-refractivity contribution is 7.89. The molecule has 0 aromatic rings. The summed E-state index contributed by atoms with van der Waals surface area (Å²) in [5.74, 6) is 0.194. The van der Waals surface area contributed by atoms with E-state index in [9.17, 15) is 8.42 Å². The van der Waals surface area contributed by atoms with Crippen molar-refractivity contribution in [2.75, 3.05) is 39.0 Å². The first-order valence-electron chi connectivity index (χ1n) is 6.24. The van der Waals surface area contributed by atoms with Crippen LogP contribution < -0.4 is 5.32 Å². The summed E-state index contributed by atoms with van der Waals surface area (Å²) >= 11 is 0. The Kier molecular flexibility index (Phi) is 5.37. The average molecular weight is 263 g/mol. The quantitative estimate of drug-likeness (QED) is 0.756. The highest BCUT2D eigenvalue weighted by atomic mass is 32.2. The molecule has 0 saturated carbocycles. The minimum atomic E-state index is -3.11. The molecule has 1 heterocycles. The van der Waals surface area contributed by atoms with Crippen molar-refractivity contribution in [2.45, 2.75) is 32.9 Å². The zero-order chi connectivity index (χ0) is 13.1. The summed E-state index contributed by atoms with van der Waals surface area (Å²) in [5.41, 5.74) is 0. The van der Waals surface area contributed by atoms with Gasteiger partial charge in [0.2, 0.25) is 10.0 Å². The van der Waals surface area contributed by atoms with E-state index >= 15 is 0 Å². The molecule has 17 heavy (non-hydrogen) atoms. The second kappa shape index (κ2) is 6.13. The Morgan fingerprint density at radius 2 is 2.00 bits per heavy atom. The van der Waals surface area contributed by atoms with E-state index < -0.39 is 10.0 Å². The van der Waals surface area contributed by atoms with Crippen LogP contribution in [0, 0.1) is 0 Å². The Labute approximate surface area is 105 Å². The maximum atomic E-state index is 12.2. The molecule has 1 aliphatic rings. The Hall–Kier alpha value is -0.170. The number of hydrogen-bond donors (Lipinski definition) is 1. The third-order valence-corrected chi connectivity index (χ3v) is 5.02. The van der Waals surface area contributed by atoms with Crippen LogP contribution in [-0.4, -0.2) is 68.7 Å². The molecule has 0 spiro atoms. The lowest BCUT2D eigenvalue weighted by atomic mass is 10.2. The number of sulfonamides is 1. The highest BCUT2D eigenvalue weighted by Gasteiger charge is 2.30. The van der Waals surface area contributed by atoms with Crippen molar-refractivity contribution >= 4 is 10.0 Å². The first kappa shape index (κ1) is 14.9. The summed E-state index contributed by atoms with van der Waals surface area (Å²) < 4.78 is 26.0. The Morgan fingerprint density at radius 1 is 1.35 bits per heavy atom. The van der Waals surface area contributed by atoms with E-state index in [0.29, 0.717) is 19.1 Å². The summed E-state index contributed by atoms with van der Waals surface area (Å²) in [4.78, 5) is 2.17. The third-order valence-electron chi connectivity index (χ3n) is 3.04. The molecule has 0 aliphatic carbocycles. The van der Waals surface area contributed by atoms with Crippen molar-refractivity contribution < 1.29 is 8.42 Å². The van der Waals surface area contributed by atoms with Crippen LogP contribution in [-0.2, 0) is 10.0 Å². The molecule has 6 heteroatoms. The molecular weight excluding hydrogens is 238 g/mol. The van der Waals surface area contributed by atoms with Crippen LogP contribution in [0.25, 0.3) is 0 Å². The number of hydrogen-bond acceptors (Lipinski definition) is 4. The lowest BCUT2D eigenvalue weighted by Crippen LogP contribution is -2.53. The van der Waals surface area contributed by atoms with Crippen LogP contribution >= 0.6 is 0 Å². The number of nitrogens with one attached hydrogen (secondary N) is 1. The van der Waals surface area contributed by atoms with Crippen molar-refractivity contribution in [1.82, 2.24) is 14.5 Å². The molecule has 1 atom stereocenters. The maximum Gasteiger partial charge on any atom is 0.215 e. The van der Waals surface area contributed by atoms with E-state index in [1.165, 1.54) is 0 Å². The van der Waals surface area contributed by atoms with Crippen molar-refractivity contribution in [3.63, 3.8) is 0 Å².